The van der Waals surface area contributed by atoms with Crippen LogP contribution in [0.4, 0.5) is 5.82 Å². The van der Waals surface area contributed by atoms with Gasteiger partial charge in [-0.25, -0.2) is 9.88 Å². The third-order valence-corrected chi connectivity index (χ3v) is 7.68. The van der Waals surface area contributed by atoms with Gasteiger partial charge < -0.3 is 20.1 Å². The maximum atomic E-state index is 12.2. The first kappa shape index (κ1) is 24.9. The van der Waals surface area contributed by atoms with E-state index in [2.05, 4.69) is 10.1 Å². The minimum atomic E-state index is -2.71. The van der Waals surface area contributed by atoms with Crippen LogP contribution in [0, 0.1) is 5.92 Å². The van der Waals surface area contributed by atoms with Gasteiger partial charge in [0, 0.05) is 12.6 Å². The molecule has 12 heteroatoms. The van der Waals surface area contributed by atoms with Crippen LogP contribution in [0.1, 0.15) is 45.4 Å². The zero-order valence-electron chi connectivity index (χ0n) is 17.4. The molecular weight excluding hydrogens is 431 g/mol. The van der Waals surface area contributed by atoms with Gasteiger partial charge in [0.25, 0.3) is 8.18 Å². The molecule has 170 valence electrons. The first-order chi connectivity index (χ1) is 14.2. The van der Waals surface area contributed by atoms with Crippen LogP contribution in [0.5, 0.6) is 0 Å². The summed E-state index contributed by atoms with van der Waals surface area (Å²) in [6.45, 7) is 5.99. The SMILES string of the molecule is CCC(CC)COC(=O)[C@H](C)N[PH](=O)OCC1S[C@@H](n2ccc(N)nc2=O)C[C@H]1O. The number of rotatable bonds is 11. The fourth-order valence-corrected chi connectivity index (χ4v) is 5.41. The van der Waals surface area contributed by atoms with Crippen LogP contribution in [0.2, 0.25) is 0 Å². The van der Waals surface area contributed by atoms with E-state index in [9.17, 15) is 19.3 Å². The molecule has 0 spiro atoms. The highest BCUT2D eigenvalue weighted by Gasteiger charge is 2.36. The van der Waals surface area contributed by atoms with Crippen LogP contribution >= 0.6 is 19.9 Å². The number of aliphatic hydroxyl groups excluding tert-OH is 1. The lowest BCUT2D eigenvalue weighted by molar-refractivity contribution is -0.146. The summed E-state index contributed by atoms with van der Waals surface area (Å²) in [5.41, 5.74) is 5.01. The molecule has 1 aliphatic heterocycles. The summed E-state index contributed by atoms with van der Waals surface area (Å²) in [4.78, 5) is 27.7. The van der Waals surface area contributed by atoms with Gasteiger partial charge in [-0.1, -0.05) is 26.7 Å². The Bertz CT molecular complexity index is 790. The second-order valence-corrected chi connectivity index (χ2v) is 9.83. The van der Waals surface area contributed by atoms with E-state index < -0.39 is 32.0 Å². The van der Waals surface area contributed by atoms with E-state index >= 15 is 0 Å². The topological polar surface area (TPSA) is 146 Å². The number of ether oxygens (including phenoxy) is 1. The van der Waals surface area contributed by atoms with Crippen LogP contribution in [0.15, 0.2) is 17.1 Å². The number of nitrogens with one attached hydrogen (secondary N) is 1. The fourth-order valence-electron chi connectivity index (χ4n) is 2.97. The van der Waals surface area contributed by atoms with Crippen LogP contribution < -0.4 is 16.5 Å². The number of carbonyl (C=O) groups is 1. The van der Waals surface area contributed by atoms with E-state index in [1.807, 2.05) is 13.8 Å². The number of thioether (sulfide) groups is 1. The van der Waals surface area contributed by atoms with Crippen molar-refractivity contribution in [3.05, 3.63) is 22.7 Å². The van der Waals surface area contributed by atoms with Crippen molar-refractivity contribution in [2.24, 2.45) is 5.92 Å². The van der Waals surface area contributed by atoms with Gasteiger partial charge in [-0.15, -0.1) is 11.8 Å². The van der Waals surface area contributed by atoms with Gasteiger partial charge in [0.15, 0.2) is 0 Å². The molecule has 10 nitrogen and oxygen atoms in total. The Morgan fingerprint density at radius 2 is 2.20 bits per heavy atom. The molecule has 1 aromatic rings. The highest BCUT2D eigenvalue weighted by Crippen LogP contribution is 2.41. The van der Waals surface area contributed by atoms with Crippen molar-refractivity contribution in [3.8, 4) is 0 Å². The number of nitrogens with zero attached hydrogens (tertiary/aromatic N) is 2. The molecular formula is C18H31N4O6PS. The quantitative estimate of drug-likeness (QED) is 0.327. The van der Waals surface area contributed by atoms with Gasteiger partial charge in [0.05, 0.1) is 29.9 Å². The molecule has 2 unspecified atom stereocenters. The van der Waals surface area contributed by atoms with Crippen molar-refractivity contribution in [3.63, 3.8) is 0 Å². The molecule has 0 amide bonds. The van der Waals surface area contributed by atoms with Crippen molar-refractivity contribution < 1.29 is 23.7 Å². The summed E-state index contributed by atoms with van der Waals surface area (Å²) in [6, 6.07) is 0.754. The number of carbonyl (C=O) groups excluding carboxylic acids is 1. The van der Waals surface area contributed by atoms with Gasteiger partial charge in [0.1, 0.15) is 11.9 Å². The Hall–Kier alpha value is -1.39. The number of esters is 1. The summed E-state index contributed by atoms with van der Waals surface area (Å²) < 4.78 is 24.2. The van der Waals surface area contributed by atoms with Gasteiger partial charge in [-0.2, -0.15) is 4.98 Å². The van der Waals surface area contributed by atoms with Gasteiger partial charge >= 0.3 is 11.7 Å². The Morgan fingerprint density at radius 1 is 1.50 bits per heavy atom. The minimum absolute atomic E-state index is 0.0137. The van der Waals surface area contributed by atoms with E-state index in [1.165, 1.54) is 28.6 Å². The largest absolute Gasteiger partial charge is 0.464 e. The van der Waals surface area contributed by atoms with E-state index in [-0.39, 0.29) is 23.0 Å². The van der Waals surface area contributed by atoms with Crippen molar-refractivity contribution in [1.29, 1.82) is 0 Å². The van der Waals surface area contributed by atoms with E-state index in [4.69, 9.17) is 15.0 Å². The molecule has 0 aliphatic carbocycles. The second-order valence-electron chi connectivity index (χ2n) is 7.25. The molecule has 0 radical (unpaired) electrons. The zero-order chi connectivity index (χ0) is 22.3. The number of anilines is 1. The average Bonchev–Trinajstić information content (AvgIpc) is 3.07. The minimum Gasteiger partial charge on any atom is -0.464 e. The standard InChI is InChI=1S/C18H31N4O6PS/c1-4-12(5-2)9-27-17(24)11(3)21-29(26)28-10-14-13(23)8-16(30-14)22-7-6-15(19)20-18(22)25/h6-7,11-14,16,23,29H,4-5,8-10H2,1-3H3,(H,21,26)(H2,19,20,25)/t11-,13+,14?,16+/m0/s1. The lowest BCUT2D eigenvalue weighted by Gasteiger charge is -2.18. The monoisotopic (exact) mass is 462 g/mol. The summed E-state index contributed by atoms with van der Waals surface area (Å²) in [6.07, 6.45) is 2.98. The van der Waals surface area contributed by atoms with Crippen LogP contribution in [0.3, 0.4) is 0 Å². The first-order valence-electron chi connectivity index (χ1n) is 10.0. The molecule has 2 heterocycles. The molecule has 4 N–H and O–H groups in total. The van der Waals surface area contributed by atoms with Gasteiger partial charge in [-0.3, -0.25) is 13.9 Å². The maximum absolute atomic E-state index is 12.2. The third-order valence-electron chi connectivity index (χ3n) is 5.05. The molecule has 1 fully saturated rings. The molecule has 1 aromatic heterocycles. The summed E-state index contributed by atoms with van der Waals surface area (Å²) >= 11 is 1.34. The molecule has 0 saturated carbocycles. The predicted octanol–water partition coefficient (Wildman–Crippen LogP) is 1.55. The maximum Gasteiger partial charge on any atom is 0.350 e. The van der Waals surface area contributed by atoms with Gasteiger partial charge in [-0.05, 0) is 18.9 Å². The van der Waals surface area contributed by atoms with Gasteiger partial charge in [0.2, 0.25) is 0 Å². The first-order valence-corrected chi connectivity index (χ1v) is 12.3. The highest BCUT2D eigenvalue weighted by molar-refractivity contribution is 8.00. The molecule has 5 atom stereocenters. The number of hydrogen-bond acceptors (Lipinski definition) is 9. The van der Waals surface area contributed by atoms with Crippen LogP contribution in [-0.4, -0.2) is 51.2 Å². The van der Waals surface area contributed by atoms with Crippen molar-refractivity contribution in [2.45, 2.75) is 62.8 Å². The van der Waals surface area contributed by atoms with Crippen molar-refractivity contribution in [1.82, 2.24) is 14.6 Å². The number of hydrogen-bond donors (Lipinski definition) is 3. The molecule has 0 aromatic carbocycles. The summed E-state index contributed by atoms with van der Waals surface area (Å²) in [7, 11) is -2.71. The zero-order valence-corrected chi connectivity index (χ0v) is 19.3. The second kappa shape index (κ2) is 11.9. The highest BCUT2D eigenvalue weighted by atomic mass is 32.2. The average molecular weight is 463 g/mol. The lowest BCUT2D eigenvalue weighted by atomic mass is 10.1. The van der Waals surface area contributed by atoms with Crippen LogP contribution in [-0.2, 0) is 18.6 Å². The third kappa shape index (κ3) is 7.09. The predicted molar refractivity (Wildman–Crippen MR) is 117 cm³/mol. The number of aliphatic hydroxyl groups is 1. The smallest absolute Gasteiger partial charge is 0.350 e. The summed E-state index contributed by atoms with van der Waals surface area (Å²) in [5, 5.41) is 12.2. The van der Waals surface area contributed by atoms with Crippen molar-refractivity contribution >= 4 is 31.7 Å². The van der Waals surface area contributed by atoms with Crippen molar-refractivity contribution in [2.75, 3.05) is 18.9 Å². The number of aromatic nitrogens is 2. The molecule has 0 bridgehead atoms. The lowest BCUT2D eigenvalue weighted by Crippen LogP contribution is -2.32. The normalized spacial score (nSPS) is 23.4. The molecule has 30 heavy (non-hydrogen) atoms. The molecule has 1 aliphatic rings. The Balaban J connectivity index is 1.78. The molecule has 2 rings (SSSR count). The Morgan fingerprint density at radius 3 is 2.83 bits per heavy atom. The Labute approximate surface area is 180 Å². The molecule has 1 saturated heterocycles. The fraction of sp³-hybridized carbons (Fsp3) is 0.722. The Kier molecular flexibility index (Phi) is 9.83. The van der Waals surface area contributed by atoms with E-state index in [0.29, 0.717) is 18.9 Å². The van der Waals surface area contributed by atoms with E-state index in [1.54, 1.807) is 6.92 Å². The number of nitrogen functional groups attached to an aromatic ring is 1. The summed E-state index contributed by atoms with van der Waals surface area (Å²) in [5.74, 6) is -0.0293. The van der Waals surface area contributed by atoms with Crippen LogP contribution in [0.25, 0.3) is 0 Å². The number of nitrogens with two attached hydrogens (primary N) is 1. The van der Waals surface area contributed by atoms with E-state index in [0.717, 1.165) is 12.8 Å².